The molecule has 2 aromatic rings. The Morgan fingerprint density at radius 2 is 2.22 bits per heavy atom. The van der Waals surface area contributed by atoms with Crippen LogP contribution in [0.3, 0.4) is 0 Å². The van der Waals surface area contributed by atoms with Crippen LogP contribution in [0.25, 0.3) is 0 Å². The third-order valence-corrected chi connectivity index (χ3v) is 2.53. The van der Waals surface area contributed by atoms with Gasteiger partial charge in [-0.25, -0.2) is 4.79 Å². The molecule has 0 aliphatic heterocycles. The number of carbonyl (C=O) groups excluding carboxylic acids is 1. The van der Waals surface area contributed by atoms with E-state index in [1.165, 1.54) is 7.11 Å². The number of methoxy groups -OCH3 is 1. The summed E-state index contributed by atoms with van der Waals surface area (Å²) in [5.41, 5.74) is 0. The first kappa shape index (κ1) is 12.4. The van der Waals surface area contributed by atoms with E-state index in [2.05, 4.69) is 10.1 Å². The van der Waals surface area contributed by atoms with Crippen molar-refractivity contribution in [2.75, 3.05) is 13.7 Å². The molecule has 0 saturated heterocycles. The maximum atomic E-state index is 11.3. The number of nitrogens with one attached hydrogen (secondary N) is 1. The Bertz CT molecular complexity index is 501. The molecule has 1 atom stereocenters. The van der Waals surface area contributed by atoms with Crippen molar-refractivity contribution >= 4 is 5.97 Å². The average Bonchev–Trinajstić information content (AvgIpc) is 3.06. The zero-order valence-electron chi connectivity index (χ0n) is 10.3. The number of carbonyl (C=O) groups is 1. The van der Waals surface area contributed by atoms with Crippen molar-refractivity contribution in [1.82, 2.24) is 5.32 Å². The SMILES string of the molecule is CCNC(c1ccco1)c1ccc(C(=O)OC)o1. The lowest BCUT2D eigenvalue weighted by atomic mass is 10.1. The lowest BCUT2D eigenvalue weighted by Crippen LogP contribution is -2.21. The van der Waals surface area contributed by atoms with Gasteiger partial charge < -0.3 is 18.9 Å². The van der Waals surface area contributed by atoms with Gasteiger partial charge in [-0.3, -0.25) is 0 Å². The van der Waals surface area contributed by atoms with Crippen LogP contribution >= 0.6 is 0 Å². The second kappa shape index (κ2) is 5.55. The molecule has 0 aliphatic rings. The highest BCUT2D eigenvalue weighted by atomic mass is 16.5. The van der Waals surface area contributed by atoms with Crippen LogP contribution in [0.4, 0.5) is 0 Å². The van der Waals surface area contributed by atoms with Crippen molar-refractivity contribution in [3.05, 3.63) is 47.8 Å². The third-order valence-electron chi connectivity index (χ3n) is 2.53. The average molecular weight is 249 g/mol. The normalized spacial score (nSPS) is 12.3. The second-order valence-corrected chi connectivity index (χ2v) is 3.70. The first-order valence-corrected chi connectivity index (χ1v) is 5.71. The van der Waals surface area contributed by atoms with Crippen LogP contribution in [0.1, 0.15) is 35.0 Å². The molecule has 18 heavy (non-hydrogen) atoms. The van der Waals surface area contributed by atoms with Crippen LogP contribution in [-0.2, 0) is 4.74 Å². The van der Waals surface area contributed by atoms with Gasteiger partial charge >= 0.3 is 5.97 Å². The molecular formula is C13H15NO4. The van der Waals surface area contributed by atoms with Crippen LogP contribution in [0.5, 0.6) is 0 Å². The van der Waals surface area contributed by atoms with Crippen molar-refractivity contribution in [2.24, 2.45) is 0 Å². The van der Waals surface area contributed by atoms with Crippen molar-refractivity contribution in [2.45, 2.75) is 13.0 Å². The minimum absolute atomic E-state index is 0.182. The molecule has 1 unspecified atom stereocenters. The van der Waals surface area contributed by atoms with Gasteiger partial charge in [0.15, 0.2) is 0 Å². The van der Waals surface area contributed by atoms with Gasteiger partial charge in [0.25, 0.3) is 0 Å². The molecule has 0 spiro atoms. The van der Waals surface area contributed by atoms with Gasteiger partial charge in [-0.05, 0) is 30.8 Å². The summed E-state index contributed by atoms with van der Waals surface area (Å²) in [5.74, 6) is 1.05. The molecule has 2 heterocycles. The Kier molecular flexibility index (Phi) is 3.84. The monoisotopic (exact) mass is 249 g/mol. The Morgan fingerprint density at radius 3 is 2.83 bits per heavy atom. The van der Waals surface area contributed by atoms with Crippen molar-refractivity contribution in [3.8, 4) is 0 Å². The van der Waals surface area contributed by atoms with E-state index < -0.39 is 5.97 Å². The molecule has 0 radical (unpaired) electrons. The molecule has 0 amide bonds. The minimum Gasteiger partial charge on any atom is -0.467 e. The summed E-state index contributed by atoms with van der Waals surface area (Å²) in [6, 6.07) is 6.79. The summed E-state index contributed by atoms with van der Waals surface area (Å²) in [5, 5.41) is 3.23. The molecule has 2 aromatic heterocycles. The zero-order chi connectivity index (χ0) is 13.0. The topological polar surface area (TPSA) is 64.6 Å². The molecule has 0 saturated carbocycles. The predicted octanol–water partition coefficient (Wildman–Crippen LogP) is 2.36. The highest BCUT2D eigenvalue weighted by molar-refractivity contribution is 5.86. The van der Waals surface area contributed by atoms with Crippen molar-refractivity contribution in [1.29, 1.82) is 0 Å². The van der Waals surface area contributed by atoms with Gasteiger partial charge in [-0.2, -0.15) is 0 Å². The fraction of sp³-hybridized carbons (Fsp3) is 0.308. The Labute approximate surface area is 105 Å². The Morgan fingerprint density at radius 1 is 1.39 bits per heavy atom. The van der Waals surface area contributed by atoms with Crippen molar-refractivity contribution in [3.63, 3.8) is 0 Å². The van der Waals surface area contributed by atoms with E-state index in [1.54, 1.807) is 18.4 Å². The number of rotatable bonds is 5. The smallest absolute Gasteiger partial charge is 0.373 e. The standard InChI is InChI=1S/C13H15NO4/c1-3-14-12(9-5-4-8-17-9)10-6-7-11(18-10)13(15)16-2/h4-8,12,14H,3H2,1-2H3. The fourth-order valence-electron chi connectivity index (χ4n) is 1.72. The number of furan rings is 2. The number of hydrogen-bond donors (Lipinski definition) is 1. The summed E-state index contributed by atoms with van der Waals surface area (Å²) in [6.45, 7) is 2.74. The molecule has 0 aromatic carbocycles. The number of hydrogen-bond acceptors (Lipinski definition) is 5. The van der Waals surface area contributed by atoms with Crippen LogP contribution in [-0.4, -0.2) is 19.6 Å². The van der Waals surface area contributed by atoms with E-state index in [0.717, 1.165) is 12.3 Å². The molecule has 0 fully saturated rings. The van der Waals surface area contributed by atoms with E-state index in [-0.39, 0.29) is 11.8 Å². The van der Waals surface area contributed by atoms with Crippen molar-refractivity contribution < 1.29 is 18.4 Å². The zero-order valence-corrected chi connectivity index (χ0v) is 10.3. The molecular weight excluding hydrogens is 234 g/mol. The molecule has 2 rings (SSSR count). The Hall–Kier alpha value is -2.01. The molecule has 0 aliphatic carbocycles. The van der Waals surface area contributed by atoms with Crippen LogP contribution in [0, 0.1) is 0 Å². The van der Waals surface area contributed by atoms with Crippen LogP contribution in [0.15, 0.2) is 39.4 Å². The lowest BCUT2D eigenvalue weighted by molar-refractivity contribution is 0.0562. The van der Waals surface area contributed by atoms with Gasteiger partial charge in [-0.15, -0.1) is 0 Å². The van der Waals surface area contributed by atoms with E-state index in [4.69, 9.17) is 8.83 Å². The molecule has 0 bridgehead atoms. The first-order valence-electron chi connectivity index (χ1n) is 5.71. The van der Waals surface area contributed by atoms with Gasteiger partial charge in [-0.1, -0.05) is 6.92 Å². The highest BCUT2D eigenvalue weighted by Crippen LogP contribution is 2.24. The Balaban J connectivity index is 2.26. The summed E-state index contributed by atoms with van der Waals surface area (Å²) in [4.78, 5) is 11.3. The fourth-order valence-corrected chi connectivity index (χ4v) is 1.72. The van der Waals surface area contributed by atoms with Crippen LogP contribution < -0.4 is 5.32 Å². The number of ether oxygens (including phenoxy) is 1. The van der Waals surface area contributed by atoms with Gasteiger partial charge in [0.1, 0.15) is 17.6 Å². The lowest BCUT2D eigenvalue weighted by Gasteiger charge is -2.12. The van der Waals surface area contributed by atoms with E-state index in [9.17, 15) is 4.79 Å². The summed E-state index contributed by atoms with van der Waals surface area (Å²) in [7, 11) is 1.32. The predicted molar refractivity (Wildman–Crippen MR) is 64.3 cm³/mol. The maximum absolute atomic E-state index is 11.3. The van der Waals surface area contributed by atoms with E-state index >= 15 is 0 Å². The molecule has 1 N–H and O–H groups in total. The second-order valence-electron chi connectivity index (χ2n) is 3.70. The maximum Gasteiger partial charge on any atom is 0.373 e. The molecule has 5 nitrogen and oxygen atoms in total. The summed E-state index contributed by atoms with van der Waals surface area (Å²) < 4.78 is 15.4. The van der Waals surface area contributed by atoms with Gasteiger partial charge in [0, 0.05) is 0 Å². The summed E-state index contributed by atoms with van der Waals surface area (Å²) in [6.07, 6.45) is 1.60. The molecule has 96 valence electrons. The largest absolute Gasteiger partial charge is 0.467 e. The molecule has 5 heteroatoms. The van der Waals surface area contributed by atoms with Gasteiger partial charge in [0.05, 0.1) is 13.4 Å². The first-order chi connectivity index (χ1) is 8.76. The third kappa shape index (κ3) is 2.46. The summed E-state index contributed by atoms with van der Waals surface area (Å²) >= 11 is 0. The van der Waals surface area contributed by atoms with E-state index in [1.807, 2.05) is 19.1 Å². The minimum atomic E-state index is -0.490. The van der Waals surface area contributed by atoms with Crippen LogP contribution in [0.2, 0.25) is 0 Å². The quantitative estimate of drug-likeness (QED) is 0.824. The highest BCUT2D eigenvalue weighted by Gasteiger charge is 2.21. The number of esters is 1. The van der Waals surface area contributed by atoms with Gasteiger partial charge in [0.2, 0.25) is 5.76 Å². The van der Waals surface area contributed by atoms with E-state index in [0.29, 0.717) is 5.76 Å².